The number of hydrazine groups is 1. The SMILES string of the molecule is CCOc1cc(C2NNC3CCC(NC(=O)c4ncc(C#N)c(C)c4C)CC32)ccn1. The Labute approximate surface area is 182 Å². The summed E-state index contributed by atoms with van der Waals surface area (Å²) in [6, 6.07) is 6.68. The molecule has 162 valence electrons. The topological polar surface area (TPSA) is 112 Å². The van der Waals surface area contributed by atoms with Gasteiger partial charge in [0, 0.05) is 30.5 Å². The molecule has 1 aliphatic heterocycles. The number of hydrogen-bond donors (Lipinski definition) is 3. The number of amides is 1. The van der Waals surface area contributed by atoms with E-state index in [-0.39, 0.29) is 18.0 Å². The Kier molecular flexibility index (Phi) is 6.16. The van der Waals surface area contributed by atoms with Gasteiger partial charge >= 0.3 is 0 Å². The quantitative estimate of drug-likeness (QED) is 0.681. The van der Waals surface area contributed by atoms with Crippen LogP contribution in [0.5, 0.6) is 5.88 Å². The van der Waals surface area contributed by atoms with Gasteiger partial charge in [0.25, 0.3) is 5.91 Å². The molecular weight excluding hydrogens is 392 g/mol. The monoisotopic (exact) mass is 420 g/mol. The van der Waals surface area contributed by atoms with E-state index in [1.165, 1.54) is 6.20 Å². The number of fused-ring (bicyclic) bond motifs is 1. The van der Waals surface area contributed by atoms with Crippen molar-refractivity contribution < 1.29 is 9.53 Å². The van der Waals surface area contributed by atoms with Gasteiger partial charge in [-0.05, 0) is 68.7 Å². The molecule has 1 amide bonds. The van der Waals surface area contributed by atoms with Gasteiger partial charge in [0.15, 0.2) is 0 Å². The number of carbonyl (C=O) groups excluding carboxylic acids is 1. The van der Waals surface area contributed by atoms with E-state index in [1.807, 2.05) is 32.9 Å². The van der Waals surface area contributed by atoms with Crippen molar-refractivity contribution in [3.63, 3.8) is 0 Å². The number of carbonyl (C=O) groups is 1. The number of aromatic nitrogens is 2. The van der Waals surface area contributed by atoms with Crippen LogP contribution in [0.3, 0.4) is 0 Å². The standard InChI is InChI=1S/C23H28N6O2/c1-4-31-20-9-15(7-8-25-20)22-18-10-17(5-6-19(18)28-29-22)27-23(30)21-14(3)13(2)16(11-24)12-26-21/h7-9,12,17-19,22,28-29H,4-6,10H2,1-3H3,(H,27,30). The van der Waals surface area contributed by atoms with Crippen molar-refractivity contribution in [2.75, 3.05) is 6.61 Å². The highest BCUT2D eigenvalue weighted by Crippen LogP contribution is 2.38. The van der Waals surface area contributed by atoms with Crippen molar-refractivity contribution in [3.8, 4) is 11.9 Å². The lowest BCUT2D eigenvalue weighted by molar-refractivity contribution is 0.0909. The Morgan fingerprint density at radius 2 is 2.13 bits per heavy atom. The van der Waals surface area contributed by atoms with Gasteiger partial charge in [-0.25, -0.2) is 15.4 Å². The number of nitriles is 1. The molecule has 8 heteroatoms. The minimum Gasteiger partial charge on any atom is -0.478 e. The summed E-state index contributed by atoms with van der Waals surface area (Å²) < 4.78 is 5.56. The van der Waals surface area contributed by atoms with Crippen LogP contribution < -0.4 is 20.9 Å². The molecule has 1 aliphatic carbocycles. The van der Waals surface area contributed by atoms with Crippen LogP contribution in [-0.4, -0.2) is 34.6 Å². The maximum atomic E-state index is 12.9. The Bertz CT molecular complexity index is 1020. The Balaban J connectivity index is 1.47. The molecule has 2 fully saturated rings. The summed E-state index contributed by atoms with van der Waals surface area (Å²) in [5.74, 6) is 0.794. The van der Waals surface area contributed by atoms with Gasteiger partial charge in [-0.15, -0.1) is 0 Å². The largest absolute Gasteiger partial charge is 0.478 e. The van der Waals surface area contributed by atoms with Crippen LogP contribution in [0.15, 0.2) is 24.5 Å². The molecule has 1 saturated heterocycles. The zero-order chi connectivity index (χ0) is 22.0. The lowest BCUT2D eigenvalue weighted by Crippen LogP contribution is -2.44. The average Bonchev–Trinajstić information content (AvgIpc) is 3.19. The zero-order valence-corrected chi connectivity index (χ0v) is 18.1. The average molecular weight is 421 g/mol. The molecule has 0 spiro atoms. The van der Waals surface area contributed by atoms with Crippen molar-refractivity contribution in [2.45, 2.75) is 58.2 Å². The van der Waals surface area contributed by atoms with Gasteiger partial charge in [-0.2, -0.15) is 5.26 Å². The molecule has 1 saturated carbocycles. The number of nitrogens with zero attached hydrogens (tertiary/aromatic N) is 3. The maximum absolute atomic E-state index is 12.9. The lowest BCUT2D eigenvalue weighted by Gasteiger charge is -2.33. The fourth-order valence-electron chi connectivity index (χ4n) is 4.66. The first-order valence-electron chi connectivity index (χ1n) is 10.8. The molecule has 3 heterocycles. The second-order valence-electron chi connectivity index (χ2n) is 8.26. The first-order valence-corrected chi connectivity index (χ1v) is 10.8. The third-order valence-electron chi connectivity index (χ3n) is 6.48. The van der Waals surface area contributed by atoms with Crippen molar-refractivity contribution in [3.05, 3.63) is 52.5 Å². The maximum Gasteiger partial charge on any atom is 0.270 e. The van der Waals surface area contributed by atoms with Crippen LogP contribution in [-0.2, 0) is 0 Å². The van der Waals surface area contributed by atoms with Crippen LogP contribution >= 0.6 is 0 Å². The first kappa shape index (κ1) is 21.2. The second kappa shape index (κ2) is 9.00. The minimum atomic E-state index is -0.174. The van der Waals surface area contributed by atoms with E-state index in [2.05, 4.69) is 32.2 Å². The van der Waals surface area contributed by atoms with E-state index in [0.717, 1.165) is 36.0 Å². The van der Waals surface area contributed by atoms with Gasteiger partial charge in [-0.3, -0.25) is 10.2 Å². The van der Waals surface area contributed by atoms with Gasteiger partial charge in [0.2, 0.25) is 5.88 Å². The molecule has 4 atom stereocenters. The Morgan fingerprint density at radius 3 is 2.90 bits per heavy atom. The Morgan fingerprint density at radius 1 is 1.29 bits per heavy atom. The minimum absolute atomic E-state index is 0.0725. The summed E-state index contributed by atoms with van der Waals surface area (Å²) in [5, 5.41) is 12.4. The predicted molar refractivity (Wildman–Crippen MR) is 115 cm³/mol. The molecule has 2 aliphatic rings. The summed E-state index contributed by atoms with van der Waals surface area (Å²) in [6.45, 7) is 6.22. The van der Waals surface area contributed by atoms with Crippen LogP contribution in [0.2, 0.25) is 0 Å². The summed E-state index contributed by atoms with van der Waals surface area (Å²) in [4.78, 5) is 21.5. The third-order valence-corrected chi connectivity index (χ3v) is 6.48. The fourth-order valence-corrected chi connectivity index (χ4v) is 4.66. The molecule has 4 unspecified atom stereocenters. The van der Waals surface area contributed by atoms with Crippen molar-refractivity contribution in [1.29, 1.82) is 5.26 Å². The molecule has 8 nitrogen and oxygen atoms in total. The van der Waals surface area contributed by atoms with Gasteiger partial charge in [0.1, 0.15) is 11.8 Å². The van der Waals surface area contributed by atoms with Crippen molar-refractivity contribution in [2.24, 2.45) is 5.92 Å². The zero-order valence-electron chi connectivity index (χ0n) is 18.1. The number of pyridine rings is 2. The summed E-state index contributed by atoms with van der Waals surface area (Å²) >= 11 is 0. The molecule has 0 bridgehead atoms. The number of nitrogens with one attached hydrogen (secondary N) is 3. The van der Waals surface area contributed by atoms with Gasteiger partial charge < -0.3 is 10.1 Å². The van der Waals surface area contributed by atoms with E-state index >= 15 is 0 Å². The van der Waals surface area contributed by atoms with E-state index in [1.54, 1.807) is 6.20 Å². The highest BCUT2D eigenvalue weighted by molar-refractivity contribution is 5.94. The van der Waals surface area contributed by atoms with Crippen LogP contribution in [0, 0.1) is 31.1 Å². The molecule has 2 aromatic heterocycles. The summed E-state index contributed by atoms with van der Waals surface area (Å²) in [5.41, 5.74) is 10.4. The van der Waals surface area contributed by atoms with E-state index in [0.29, 0.717) is 35.7 Å². The third kappa shape index (κ3) is 4.24. The summed E-state index contributed by atoms with van der Waals surface area (Å²) in [7, 11) is 0. The molecule has 0 radical (unpaired) electrons. The molecule has 0 aromatic carbocycles. The van der Waals surface area contributed by atoms with Gasteiger partial charge in [0.05, 0.1) is 18.2 Å². The predicted octanol–water partition coefficient (Wildman–Crippen LogP) is 2.48. The molecule has 4 rings (SSSR count). The molecule has 3 N–H and O–H groups in total. The normalized spacial score (nSPS) is 24.8. The van der Waals surface area contributed by atoms with Crippen LogP contribution in [0.25, 0.3) is 0 Å². The highest BCUT2D eigenvalue weighted by Gasteiger charge is 2.41. The number of rotatable bonds is 5. The van der Waals surface area contributed by atoms with Crippen molar-refractivity contribution in [1.82, 2.24) is 26.1 Å². The van der Waals surface area contributed by atoms with E-state index < -0.39 is 0 Å². The molecule has 31 heavy (non-hydrogen) atoms. The second-order valence-corrected chi connectivity index (χ2v) is 8.26. The van der Waals surface area contributed by atoms with Gasteiger partial charge in [-0.1, -0.05) is 0 Å². The molecule has 2 aromatic rings. The highest BCUT2D eigenvalue weighted by atomic mass is 16.5. The first-order chi connectivity index (χ1) is 15.0. The van der Waals surface area contributed by atoms with Crippen LogP contribution in [0.4, 0.5) is 0 Å². The van der Waals surface area contributed by atoms with E-state index in [4.69, 9.17) is 4.74 Å². The summed E-state index contributed by atoms with van der Waals surface area (Å²) in [6.07, 6.45) is 6.00. The van der Waals surface area contributed by atoms with Crippen molar-refractivity contribution >= 4 is 5.91 Å². The smallest absolute Gasteiger partial charge is 0.270 e. The Hall–Kier alpha value is -3.02. The molecular formula is C23H28N6O2. The number of ether oxygens (including phenoxy) is 1. The van der Waals surface area contributed by atoms with Crippen LogP contribution in [0.1, 0.15) is 65.0 Å². The number of hydrogen-bond acceptors (Lipinski definition) is 7. The fraction of sp³-hybridized carbons (Fsp3) is 0.478. The van der Waals surface area contributed by atoms with E-state index in [9.17, 15) is 10.1 Å². The lowest BCUT2D eigenvalue weighted by atomic mass is 9.77.